The van der Waals surface area contributed by atoms with Gasteiger partial charge in [0.05, 0.1) is 19.3 Å². The standard InChI is InChI=1S/C22H35N3O2/c1-18(2)13-25-15-21(27-17-19-7-5-4-6-8-19)14-24(16-22(25)26)20-9-11-23(3)12-10-20/h4-8,18,20-21H,9-17H2,1-3H3. The Morgan fingerprint density at radius 2 is 1.81 bits per heavy atom. The normalized spacial score (nSPS) is 23.8. The molecule has 0 N–H and O–H groups in total. The van der Waals surface area contributed by atoms with Crippen molar-refractivity contribution in [2.75, 3.05) is 46.3 Å². The summed E-state index contributed by atoms with van der Waals surface area (Å²) in [6, 6.07) is 10.8. The summed E-state index contributed by atoms with van der Waals surface area (Å²) < 4.78 is 6.31. The third-order valence-electron chi connectivity index (χ3n) is 5.67. The molecule has 1 aromatic rings. The Balaban J connectivity index is 1.67. The molecule has 5 heteroatoms. The van der Waals surface area contributed by atoms with Gasteiger partial charge in [0.2, 0.25) is 5.91 Å². The Hall–Kier alpha value is -1.43. The van der Waals surface area contributed by atoms with Gasteiger partial charge in [0.15, 0.2) is 0 Å². The van der Waals surface area contributed by atoms with Gasteiger partial charge in [-0.15, -0.1) is 0 Å². The van der Waals surface area contributed by atoms with Crippen molar-refractivity contribution in [2.45, 2.75) is 45.4 Å². The largest absolute Gasteiger partial charge is 0.370 e. The number of amides is 1. The van der Waals surface area contributed by atoms with Gasteiger partial charge in [-0.2, -0.15) is 0 Å². The molecule has 2 fully saturated rings. The van der Waals surface area contributed by atoms with Gasteiger partial charge in [0, 0.05) is 25.7 Å². The molecule has 2 heterocycles. The van der Waals surface area contributed by atoms with E-state index in [1.165, 1.54) is 5.56 Å². The first-order valence-corrected chi connectivity index (χ1v) is 10.4. The monoisotopic (exact) mass is 373 g/mol. The molecule has 5 nitrogen and oxygen atoms in total. The van der Waals surface area contributed by atoms with E-state index < -0.39 is 0 Å². The maximum absolute atomic E-state index is 12.9. The third-order valence-corrected chi connectivity index (χ3v) is 5.67. The van der Waals surface area contributed by atoms with Crippen molar-refractivity contribution in [3.05, 3.63) is 35.9 Å². The fourth-order valence-corrected chi connectivity index (χ4v) is 4.15. The minimum atomic E-state index is 0.0649. The number of nitrogens with zero attached hydrogens (tertiary/aromatic N) is 3. The zero-order valence-electron chi connectivity index (χ0n) is 17.1. The lowest BCUT2D eigenvalue weighted by molar-refractivity contribution is -0.132. The summed E-state index contributed by atoms with van der Waals surface area (Å²) in [6.45, 7) is 10.1. The molecule has 0 radical (unpaired) electrons. The van der Waals surface area contributed by atoms with Crippen LogP contribution in [0.5, 0.6) is 0 Å². The Morgan fingerprint density at radius 3 is 2.48 bits per heavy atom. The third kappa shape index (κ3) is 6.03. The zero-order valence-corrected chi connectivity index (χ0v) is 17.1. The topological polar surface area (TPSA) is 36.0 Å². The minimum Gasteiger partial charge on any atom is -0.370 e. The van der Waals surface area contributed by atoms with E-state index in [1.807, 2.05) is 23.1 Å². The van der Waals surface area contributed by atoms with Crippen LogP contribution < -0.4 is 0 Å². The fourth-order valence-electron chi connectivity index (χ4n) is 4.15. The van der Waals surface area contributed by atoms with Gasteiger partial charge >= 0.3 is 0 Å². The summed E-state index contributed by atoms with van der Waals surface area (Å²) in [5, 5.41) is 0. The Labute approximate surface area is 164 Å². The van der Waals surface area contributed by atoms with Crippen LogP contribution in [0.2, 0.25) is 0 Å². The predicted molar refractivity (Wildman–Crippen MR) is 109 cm³/mol. The van der Waals surface area contributed by atoms with Crippen LogP contribution in [0.25, 0.3) is 0 Å². The molecule has 1 aromatic carbocycles. The van der Waals surface area contributed by atoms with Gasteiger partial charge in [-0.1, -0.05) is 44.2 Å². The molecular weight excluding hydrogens is 338 g/mol. The lowest BCUT2D eigenvalue weighted by Gasteiger charge is -2.37. The SMILES string of the molecule is CC(C)CN1CC(OCc2ccccc2)CN(C2CCN(C)CC2)CC1=O. The first-order valence-electron chi connectivity index (χ1n) is 10.4. The number of carbonyl (C=O) groups excluding carboxylic acids is 1. The predicted octanol–water partition coefficient (Wildman–Crippen LogP) is 2.47. The summed E-state index contributed by atoms with van der Waals surface area (Å²) in [5.74, 6) is 0.729. The quantitative estimate of drug-likeness (QED) is 0.768. The van der Waals surface area contributed by atoms with Crippen molar-refractivity contribution in [1.29, 1.82) is 0 Å². The number of carbonyl (C=O) groups is 1. The summed E-state index contributed by atoms with van der Waals surface area (Å²) in [6.07, 6.45) is 2.34. The number of benzene rings is 1. The molecule has 1 atom stereocenters. The second-order valence-electron chi connectivity index (χ2n) is 8.58. The molecule has 0 saturated carbocycles. The highest BCUT2D eigenvalue weighted by atomic mass is 16.5. The number of hydrogen-bond donors (Lipinski definition) is 0. The van der Waals surface area contributed by atoms with E-state index in [0.717, 1.165) is 39.0 Å². The van der Waals surface area contributed by atoms with Crippen molar-refractivity contribution in [3.63, 3.8) is 0 Å². The lowest BCUT2D eigenvalue weighted by atomic mass is 10.0. The van der Waals surface area contributed by atoms with Crippen LogP contribution in [-0.2, 0) is 16.1 Å². The van der Waals surface area contributed by atoms with Crippen LogP contribution in [0, 0.1) is 5.92 Å². The van der Waals surface area contributed by atoms with Crippen molar-refractivity contribution in [3.8, 4) is 0 Å². The summed E-state index contributed by atoms with van der Waals surface area (Å²) in [5.41, 5.74) is 1.19. The number of rotatable bonds is 6. The van der Waals surface area contributed by atoms with Gasteiger partial charge in [-0.25, -0.2) is 0 Å². The van der Waals surface area contributed by atoms with E-state index in [4.69, 9.17) is 4.74 Å². The Kier molecular flexibility index (Phi) is 7.27. The van der Waals surface area contributed by atoms with Crippen molar-refractivity contribution in [2.24, 2.45) is 5.92 Å². The van der Waals surface area contributed by atoms with Gasteiger partial charge in [-0.3, -0.25) is 9.69 Å². The maximum atomic E-state index is 12.9. The molecule has 0 spiro atoms. The summed E-state index contributed by atoms with van der Waals surface area (Å²) in [4.78, 5) is 19.7. The molecule has 2 aliphatic rings. The summed E-state index contributed by atoms with van der Waals surface area (Å²) >= 11 is 0. The van der Waals surface area contributed by atoms with E-state index in [0.29, 0.717) is 31.7 Å². The van der Waals surface area contributed by atoms with Crippen LogP contribution in [0.15, 0.2) is 30.3 Å². The maximum Gasteiger partial charge on any atom is 0.236 e. The molecule has 2 saturated heterocycles. The van der Waals surface area contributed by atoms with Crippen LogP contribution in [0.3, 0.4) is 0 Å². The lowest BCUT2D eigenvalue weighted by Crippen LogP contribution is -2.47. The molecule has 1 amide bonds. The highest BCUT2D eigenvalue weighted by Crippen LogP contribution is 2.20. The van der Waals surface area contributed by atoms with Crippen LogP contribution in [0.1, 0.15) is 32.3 Å². The number of ether oxygens (including phenoxy) is 1. The average molecular weight is 374 g/mol. The molecule has 27 heavy (non-hydrogen) atoms. The van der Waals surface area contributed by atoms with E-state index in [9.17, 15) is 4.79 Å². The van der Waals surface area contributed by atoms with E-state index in [2.05, 4.69) is 42.8 Å². The van der Waals surface area contributed by atoms with Crippen LogP contribution in [0.4, 0.5) is 0 Å². The summed E-state index contributed by atoms with van der Waals surface area (Å²) in [7, 11) is 2.18. The van der Waals surface area contributed by atoms with E-state index in [1.54, 1.807) is 0 Å². The average Bonchev–Trinajstić information content (AvgIpc) is 2.80. The molecule has 3 rings (SSSR count). The minimum absolute atomic E-state index is 0.0649. The van der Waals surface area contributed by atoms with Gasteiger partial charge in [-0.05, 0) is 44.5 Å². The Morgan fingerprint density at radius 1 is 1.11 bits per heavy atom. The van der Waals surface area contributed by atoms with Crippen molar-refractivity contribution < 1.29 is 9.53 Å². The van der Waals surface area contributed by atoms with Crippen molar-refractivity contribution in [1.82, 2.24) is 14.7 Å². The molecular formula is C22H35N3O2. The van der Waals surface area contributed by atoms with E-state index in [-0.39, 0.29) is 12.0 Å². The van der Waals surface area contributed by atoms with Crippen LogP contribution >= 0.6 is 0 Å². The molecule has 1 unspecified atom stereocenters. The van der Waals surface area contributed by atoms with Crippen molar-refractivity contribution >= 4 is 5.91 Å². The van der Waals surface area contributed by atoms with Gasteiger partial charge in [0.1, 0.15) is 0 Å². The molecule has 0 aromatic heterocycles. The molecule has 150 valence electrons. The molecule has 0 bridgehead atoms. The molecule has 2 aliphatic heterocycles. The zero-order chi connectivity index (χ0) is 19.2. The highest BCUT2D eigenvalue weighted by molar-refractivity contribution is 5.78. The smallest absolute Gasteiger partial charge is 0.236 e. The number of piperidine rings is 1. The fraction of sp³-hybridized carbons (Fsp3) is 0.682. The molecule has 0 aliphatic carbocycles. The first-order chi connectivity index (χ1) is 13.0. The second kappa shape index (κ2) is 9.67. The highest BCUT2D eigenvalue weighted by Gasteiger charge is 2.33. The van der Waals surface area contributed by atoms with E-state index >= 15 is 0 Å². The van der Waals surface area contributed by atoms with Gasteiger partial charge in [0.25, 0.3) is 0 Å². The van der Waals surface area contributed by atoms with Crippen LogP contribution in [-0.4, -0.2) is 79.1 Å². The first kappa shape index (κ1) is 20.3. The van der Waals surface area contributed by atoms with Gasteiger partial charge < -0.3 is 14.5 Å². The number of hydrogen-bond acceptors (Lipinski definition) is 4. The second-order valence-corrected chi connectivity index (χ2v) is 8.58. The number of likely N-dealkylation sites (tertiary alicyclic amines) is 1. The Bertz CT molecular complexity index is 584.